The Hall–Kier alpha value is -0.720. The van der Waals surface area contributed by atoms with E-state index >= 15 is 0 Å². The van der Waals surface area contributed by atoms with Crippen LogP contribution in [-0.2, 0) is 4.74 Å². The Bertz CT molecular complexity index is 286. The molecule has 83 valence electrons. The van der Waals surface area contributed by atoms with Gasteiger partial charge in [0.05, 0.1) is 6.26 Å². The molecule has 1 heteroatoms. The van der Waals surface area contributed by atoms with Crippen LogP contribution in [0.4, 0.5) is 0 Å². The van der Waals surface area contributed by atoms with Crippen molar-refractivity contribution in [1.29, 1.82) is 0 Å². The Labute approximate surface area is 93.2 Å². The van der Waals surface area contributed by atoms with E-state index in [9.17, 15) is 0 Å². The molecule has 0 saturated heterocycles. The van der Waals surface area contributed by atoms with Crippen LogP contribution in [0.2, 0.25) is 0 Å². The minimum atomic E-state index is 0.310. The molecular weight excluding hydrogens is 184 g/mol. The Morgan fingerprint density at radius 2 is 2.27 bits per heavy atom. The summed E-state index contributed by atoms with van der Waals surface area (Å²) in [6.45, 7) is 6.65. The molecule has 1 radical (unpaired) electrons. The molecule has 0 aromatic carbocycles. The van der Waals surface area contributed by atoms with Crippen molar-refractivity contribution in [3.8, 4) is 0 Å². The van der Waals surface area contributed by atoms with Crippen LogP contribution in [0.25, 0.3) is 0 Å². The zero-order valence-corrected chi connectivity index (χ0v) is 10.0. The van der Waals surface area contributed by atoms with Gasteiger partial charge in [-0.1, -0.05) is 13.8 Å². The first-order chi connectivity index (χ1) is 7.18. The maximum atomic E-state index is 5.56. The zero-order valence-electron chi connectivity index (χ0n) is 10.0. The minimum absolute atomic E-state index is 0.310. The van der Waals surface area contributed by atoms with Crippen LogP contribution >= 0.6 is 0 Å². The zero-order chi connectivity index (χ0) is 10.8. The first-order valence-electron chi connectivity index (χ1n) is 6.02. The van der Waals surface area contributed by atoms with Crippen molar-refractivity contribution < 1.29 is 4.74 Å². The van der Waals surface area contributed by atoms with Gasteiger partial charge < -0.3 is 4.74 Å². The van der Waals surface area contributed by atoms with Crippen molar-refractivity contribution in [2.75, 3.05) is 0 Å². The normalized spacial score (nSPS) is 30.4. The van der Waals surface area contributed by atoms with E-state index in [2.05, 4.69) is 26.8 Å². The van der Waals surface area contributed by atoms with E-state index in [0.29, 0.717) is 6.10 Å². The van der Waals surface area contributed by atoms with E-state index in [1.165, 1.54) is 25.7 Å². The maximum Gasteiger partial charge on any atom is 0.117 e. The third kappa shape index (κ3) is 2.27. The number of hydrogen-bond donors (Lipinski definition) is 0. The topological polar surface area (TPSA) is 9.23 Å². The van der Waals surface area contributed by atoms with Gasteiger partial charge in [0.25, 0.3) is 0 Å². The second-order valence-corrected chi connectivity index (χ2v) is 5.06. The molecule has 0 saturated carbocycles. The van der Waals surface area contributed by atoms with Gasteiger partial charge in [-0.2, -0.15) is 0 Å². The SMILES string of the molecule is C[C](C)CC1CCCC2=C1C=COC2C. The number of ether oxygens (including phenoxy) is 1. The van der Waals surface area contributed by atoms with Crippen molar-refractivity contribution in [2.24, 2.45) is 5.92 Å². The third-order valence-corrected chi connectivity index (χ3v) is 3.48. The predicted octanol–water partition coefficient (Wildman–Crippen LogP) is 4.02. The molecule has 1 nitrogen and oxygen atoms in total. The van der Waals surface area contributed by atoms with Gasteiger partial charge in [0.2, 0.25) is 0 Å². The highest BCUT2D eigenvalue weighted by molar-refractivity contribution is 5.34. The van der Waals surface area contributed by atoms with Crippen LogP contribution in [0.1, 0.15) is 46.5 Å². The van der Waals surface area contributed by atoms with E-state index < -0.39 is 0 Å². The van der Waals surface area contributed by atoms with E-state index in [1.54, 1.807) is 17.1 Å². The average molecular weight is 205 g/mol. The first kappa shape index (κ1) is 10.8. The number of rotatable bonds is 2. The summed E-state index contributed by atoms with van der Waals surface area (Å²) in [4.78, 5) is 0. The summed E-state index contributed by atoms with van der Waals surface area (Å²) < 4.78 is 5.56. The molecule has 0 bridgehead atoms. The molecule has 2 unspecified atom stereocenters. The van der Waals surface area contributed by atoms with Crippen molar-refractivity contribution >= 4 is 0 Å². The van der Waals surface area contributed by atoms with Crippen LogP contribution in [0.15, 0.2) is 23.5 Å². The highest BCUT2D eigenvalue weighted by Gasteiger charge is 2.27. The Kier molecular flexibility index (Phi) is 3.18. The Balaban J connectivity index is 2.19. The second-order valence-electron chi connectivity index (χ2n) is 5.06. The van der Waals surface area contributed by atoms with Gasteiger partial charge in [0.15, 0.2) is 0 Å². The van der Waals surface area contributed by atoms with Gasteiger partial charge in [-0.25, -0.2) is 0 Å². The molecule has 1 aliphatic carbocycles. The Morgan fingerprint density at radius 1 is 1.47 bits per heavy atom. The summed E-state index contributed by atoms with van der Waals surface area (Å²) in [7, 11) is 0. The third-order valence-electron chi connectivity index (χ3n) is 3.48. The predicted molar refractivity (Wildman–Crippen MR) is 63.3 cm³/mol. The van der Waals surface area contributed by atoms with Gasteiger partial charge in [0, 0.05) is 0 Å². The van der Waals surface area contributed by atoms with Gasteiger partial charge in [-0.3, -0.25) is 0 Å². The molecule has 2 atom stereocenters. The lowest BCUT2D eigenvalue weighted by Crippen LogP contribution is -2.22. The average Bonchev–Trinajstić information content (AvgIpc) is 2.19. The van der Waals surface area contributed by atoms with Gasteiger partial charge in [0.1, 0.15) is 6.10 Å². The second kappa shape index (κ2) is 4.42. The fraction of sp³-hybridized carbons (Fsp3) is 0.643. The number of hydrogen-bond acceptors (Lipinski definition) is 1. The van der Waals surface area contributed by atoms with E-state index in [4.69, 9.17) is 4.74 Å². The van der Waals surface area contributed by atoms with E-state index in [-0.39, 0.29) is 0 Å². The molecule has 15 heavy (non-hydrogen) atoms. The fourth-order valence-electron chi connectivity index (χ4n) is 2.80. The molecule has 1 aliphatic heterocycles. The van der Waals surface area contributed by atoms with E-state index in [1.807, 2.05) is 6.26 Å². The van der Waals surface area contributed by atoms with E-state index in [0.717, 1.165) is 5.92 Å². The molecule has 1 heterocycles. The molecule has 0 N–H and O–H groups in total. The van der Waals surface area contributed by atoms with Crippen LogP contribution in [0, 0.1) is 11.8 Å². The summed E-state index contributed by atoms with van der Waals surface area (Å²) >= 11 is 0. The lowest BCUT2D eigenvalue weighted by molar-refractivity contribution is 0.176. The molecule has 0 fully saturated rings. The van der Waals surface area contributed by atoms with Crippen LogP contribution < -0.4 is 0 Å². The van der Waals surface area contributed by atoms with Gasteiger partial charge in [-0.15, -0.1) is 0 Å². The molecule has 0 amide bonds. The number of allylic oxidation sites excluding steroid dienone is 2. The molecule has 0 aromatic heterocycles. The highest BCUT2D eigenvalue weighted by Crippen LogP contribution is 2.39. The van der Waals surface area contributed by atoms with Crippen LogP contribution in [0.3, 0.4) is 0 Å². The maximum absolute atomic E-state index is 5.56. The lowest BCUT2D eigenvalue weighted by atomic mass is 9.77. The Morgan fingerprint density at radius 3 is 3.00 bits per heavy atom. The summed E-state index contributed by atoms with van der Waals surface area (Å²) in [5, 5.41) is 0. The summed E-state index contributed by atoms with van der Waals surface area (Å²) in [5.74, 6) is 2.29. The van der Waals surface area contributed by atoms with Crippen molar-refractivity contribution in [3.63, 3.8) is 0 Å². The lowest BCUT2D eigenvalue weighted by Gasteiger charge is -2.33. The van der Waals surface area contributed by atoms with Gasteiger partial charge in [-0.05, 0) is 61.7 Å². The van der Waals surface area contributed by atoms with Crippen molar-refractivity contribution in [3.05, 3.63) is 29.4 Å². The summed E-state index contributed by atoms with van der Waals surface area (Å²) in [6, 6.07) is 0. The molecular formula is C14H21O. The molecule has 2 aliphatic rings. The molecule has 0 aromatic rings. The fourth-order valence-corrected chi connectivity index (χ4v) is 2.80. The smallest absolute Gasteiger partial charge is 0.117 e. The highest BCUT2D eigenvalue weighted by atomic mass is 16.5. The quantitative estimate of drug-likeness (QED) is 0.661. The van der Waals surface area contributed by atoms with Gasteiger partial charge >= 0.3 is 0 Å². The monoisotopic (exact) mass is 205 g/mol. The van der Waals surface area contributed by atoms with Crippen molar-refractivity contribution in [2.45, 2.75) is 52.6 Å². The van der Waals surface area contributed by atoms with Crippen LogP contribution in [-0.4, -0.2) is 6.10 Å². The standard InChI is InChI=1S/C14H21O/c1-10(2)9-12-5-4-6-13-11(3)15-8-7-14(12)13/h7-8,11-12H,4-6,9H2,1-3H3. The molecule has 2 rings (SSSR count). The minimum Gasteiger partial charge on any atom is -0.494 e. The van der Waals surface area contributed by atoms with Crippen LogP contribution in [0.5, 0.6) is 0 Å². The summed E-state index contributed by atoms with van der Waals surface area (Å²) in [5.41, 5.74) is 3.12. The summed E-state index contributed by atoms with van der Waals surface area (Å²) in [6.07, 6.45) is 9.55. The largest absolute Gasteiger partial charge is 0.494 e. The molecule has 0 spiro atoms. The first-order valence-corrected chi connectivity index (χ1v) is 6.02. The van der Waals surface area contributed by atoms with Crippen molar-refractivity contribution in [1.82, 2.24) is 0 Å².